The van der Waals surface area contributed by atoms with Crippen LogP contribution in [0, 0.1) is 12.8 Å². The van der Waals surface area contributed by atoms with Crippen molar-refractivity contribution in [2.45, 2.75) is 50.7 Å². The maximum Gasteiger partial charge on any atom is 0.230 e. The Balaban J connectivity index is 1.54. The Morgan fingerprint density at radius 1 is 1.21 bits per heavy atom. The fourth-order valence-corrected chi connectivity index (χ4v) is 4.64. The zero-order valence-corrected chi connectivity index (χ0v) is 17.6. The second-order valence-corrected chi connectivity index (χ2v) is 8.53. The highest BCUT2D eigenvalue weighted by Gasteiger charge is 2.24. The average Bonchev–Trinajstić information content (AvgIpc) is 3.34. The van der Waals surface area contributed by atoms with Gasteiger partial charge in [-0.1, -0.05) is 49.7 Å². The lowest BCUT2D eigenvalue weighted by atomic mass is 9.86. The molecule has 4 rings (SSSR count). The highest BCUT2D eigenvalue weighted by atomic mass is 32.2. The second-order valence-electron chi connectivity index (χ2n) is 7.59. The minimum atomic E-state index is 0.0532. The first-order chi connectivity index (χ1) is 14.1. The summed E-state index contributed by atoms with van der Waals surface area (Å²) in [7, 11) is 0. The normalized spacial score (nSPS) is 19.2. The number of rotatable bonds is 6. The van der Waals surface area contributed by atoms with Gasteiger partial charge in [-0.25, -0.2) is 0 Å². The molecular formula is C22H26N4O2S. The van der Waals surface area contributed by atoms with Crippen molar-refractivity contribution in [3.8, 4) is 17.1 Å². The Kier molecular flexibility index (Phi) is 6.04. The molecule has 1 aliphatic carbocycles. The van der Waals surface area contributed by atoms with E-state index in [0.29, 0.717) is 22.7 Å². The lowest BCUT2D eigenvalue weighted by Gasteiger charge is -2.29. The Labute approximate surface area is 175 Å². The molecule has 0 spiro atoms. The largest absolute Gasteiger partial charge is 0.469 e. The molecule has 0 saturated heterocycles. The Morgan fingerprint density at radius 3 is 2.72 bits per heavy atom. The number of carbonyl (C=O) groups excluding carboxylic acids is 1. The van der Waals surface area contributed by atoms with Crippen LogP contribution in [0.25, 0.3) is 17.1 Å². The molecule has 1 aromatic carbocycles. The van der Waals surface area contributed by atoms with E-state index in [1.807, 2.05) is 47.9 Å². The molecule has 0 unspecified atom stereocenters. The third-order valence-electron chi connectivity index (χ3n) is 5.54. The predicted octanol–water partition coefficient (Wildman–Crippen LogP) is 4.62. The number of benzene rings is 1. The van der Waals surface area contributed by atoms with Crippen LogP contribution in [-0.2, 0) is 4.79 Å². The summed E-state index contributed by atoms with van der Waals surface area (Å²) in [4.78, 5) is 12.6. The minimum absolute atomic E-state index is 0.0532. The Bertz CT molecular complexity index is 966. The van der Waals surface area contributed by atoms with Gasteiger partial charge in [-0.2, -0.15) is 0 Å². The van der Waals surface area contributed by atoms with E-state index in [-0.39, 0.29) is 11.9 Å². The van der Waals surface area contributed by atoms with Gasteiger partial charge in [0.25, 0.3) is 0 Å². The molecule has 2 heterocycles. The summed E-state index contributed by atoms with van der Waals surface area (Å²) in [6.07, 6.45) is 6.37. The van der Waals surface area contributed by atoms with Gasteiger partial charge in [-0.15, -0.1) is 10.2 Å². The first kappa shape index (κ1) is 19.8. The summed E-state index contributed by atoms with van der Waals surface area (Å²) < 4.78 is 7.44. The zero-order chi connectivity index (χ0) is 20.2. The first-order valence-electron chi connectivity index (χ1n) is 10.1. The fraction of sp³-hybridized carbons (Fsp3) is 0.409. The number of nitrogens with zero attached hydrogens (tertiary/aromatic N) is 3. The van der Waals surface area contributed by atoms with E-state index < -0.39 is 0 Å². The Morgan fingerprint density at radius 2 is 2.00 bits per heavy atom. The molecule has 0 radical (unpaired) electrons. The fourth-order valence-electron chi connectivity index (χ4n) is 3.87. The van der Waals surface area contributed by atoms with Crippen LogP contribution in [0.5, 0.6) is 0 Å². The van der Waals surface area contributed by atoms with Gasteiger partial charge in [0, 0.05) is 11.7 Å². The van der Waals surface area contributed by atoms with E-state index in [1.54, 1.807) is 6.26 Å². The Hall–Kier alpha value is -2.54. The highest BCUT2D eigenvalue weighted by molar-refractivity contribution is 7.99. The lowest BCUT2D eigenvalue weighted by molar-refractivity contribution is -0.119. The molecule has 1 aliphatic rings. The monoisotopic (exact) mass is 410 g/mol. The van der Waals surface area contributed by atoms with Gasteiger partial charge in [0.1, 0.15) is 5.76 Å². The topological polar surface area (TPSA) is 72.9 Å². The summed E-state index contributed by atoms with van der Waals surface area (Å²) in [5.74, 6) is 2.42. The molecule has 2 atom stereocenters. The molecule has 1 saturated carbocycles. The number of hydrogen-bond acceptors (Lipinski definition) is 5. The first-order valence-corrected chi connectivity index (χ1v) is 11.1. The molecule has 152 valence electrons. The van der Waals surface area contributed by atoms with E-state index >= 15 is 0 Å². The van der Waals surface area contributed by atoms with Crippen molar-refractivity contribution in [3.05, 3.63) is 48.4 Å². The number of furan rings is 1. The maximum atomic E-state index is 12.6. The molecule has 3 aromatic rings. The molecule has 7 heteroatoms. The molecular weight excluding hydrogens is 384 g/mol. The number of aromatic nitrogens is 3. The number of nitrogens with one attached hydrogen (secondary N) is 1. The number of para-hydroxylation sites is 1. The number of hydrogen-bond donors (Lipinski definition) is 1. The van der Waals surface area contributed by atoms with Crippen LogP contribution in [0.15, 0.2) is 52.2 Å². The van der Waals surface area contributed by atoms with E-state index in [4.69, 9.17) is 4.42 Å². The zero-order valence-electron chi connectivity index (χ0n) is 16.8. The molecule has 1 fully saturated rings. The number of amides is 1. The average molecular weight is 411 g/mol. The number of aryl methyl sites for hydroxylation is 1. The third kappa shape index (κ3) is 4.40. The van der Waals surface area contributed by atoms with Crippen LogP contribution in [0.3, 0.4) is 0 Å². The standard InChI is InChI=1S/C22H26N4O2S/c1-15-8-6-7-11-19(15)23-20(27)14-29-22-25-24-21(18-12-13-28-16(18)2)26(22)17-9-4-3-5-10-17/h3-5,9-10,12-13,15,19H,6-8,11,14H2,1-2H3,(H,23,27)/t15-,19+/m0/s1. The van der Waals surface area contributed by atoms with Gasteiger partial charge < -0.3 is 9.73 Å². The van der Waals surface area contributed by atoms with Crippen LogP contribution >= 0.6 is 11.8 Å². The molecule has 2 aromatic heterocycles. The van der Waals surface area contributed by atoms with Crippen molar-refractivity contribution < 1.29 is 9.21 Å². The van der Waals surface area contributed by atoms with Gasteiger partial charge in [0.05, 0.1) is 17.6 Å². The van der Waals surface area contributed by atoms with Crippen LogP contribution in [0.1, 0.15) is 38.4 Å². The van der Waals surface area contributed by atoms with Crippen molar-refractivity contribution >= 4 is 17.7 Å². The number of carbonyl (C=O) groups is 1. The molecule has 1 amide bonds. The van der Waals surface area contributed by atoms with E-state index in [2.05, 4.69) is 22.4 Å². The summed E-state index contributed by atoms with van der Waals surface area (Å²) in [6, 6.07) is 12.1. The molecule has 29 heavy (non-hydrogen) atoms. The molecule has 6 nitrogen and oxygen atoms in total. The summed E-state index contributed by atoms with van der Waals surface area (Å²) in [5, 5.41) is 12.7. The minimum Gasteiger partial charge on any atom is -0.469 e. The van der Waals surface area contributed by atoms with Gasteiger partial charge in [0.2, 0.25) is 5.91 Å². The summed E-state index contributed by atoms with van der Waals surface area (Å²) >= 11 is 1.41. The van der Waals surface area contributed by atoms with E-state index in [0.717, 1.165) is 23.4 Å². The lowest BCUT2D eigenvalue weighted by Crippen LogP contribution is -2.41. The number of thioether (sulfide) groups is 1. The van der Waals surface area contributed by atoms with Gasteiger partial charge in [-0.05, 0) is 43.9 Å². The van der Waals surface area contributed by atoms with Crippen LogP contribution in [0.2, 0.25) is 0 Å². The van der Waals surface area contributed by atoms with Crippen molar-refractivity contribution in [1.82, 2.24) is 20.1 Å². The van der Waals surface area contributed by atoms with Crippen LogP contribution in [-0.4, -0.2) is 32.5 Å². The SMILES string of the molecule is Cc1occc1-c1nnc(SCC(=O)N[C@@H]2CCCC[C@@H]2C)n1-c1ccccc1. The summed E-state index contributed by atoms with van der Waals surface area (Å²) in [6.45, 7) is 4.13. The predicted molar refractivity (Wildman–Crippen MR) is 114 cm³/mol. The van der Waals surface area contributed by atoms with E-state index in [1.165, 1.54) is 31.0 Å². The van der Waals surface area contributed by atoms with Gasteiger partial charge >= 0.3 is 0 Å². The van der Waals surface area contributed by atoms with Gasteiger partial charge in [0.15, 0.2) is 11.0 Å². The van der Waals surface area contributed by atoms with Crippen molar-refractivity contribution in [1.29, 1.82) is 0 Å². The van der Waals surface area contributed by atoms with Crippen LogP contribution in [0.4, 0.5) is 0 Å². The van der Waals surface area contributed by atoms with E-state index in [9.17, 15) is 4.79 Å². The second kappa shape index (κ2) is 8.86. The smallest absolute Gasteiger partial charge is 0.230 e. The third-order valence-corrected chi connectivity index (χ3v) is 6.47. The van der Waals surface area contributed by atoms with Crippen LogP contribution < -0.4 is 5.32 Å². The molecule has 0 bridgehead atoms. The molecule has 1 N–H and O–H groups in total. The highest BCUT2D eigenvalue weighted by Crippen LogP contribution is 2.30. The van der Waals surface area contributed by atoms with Crippen molar-refractivity contribution in [3.63, 3.8) is 0 Å². The van der Waals surface area contributed by atoms with Crippen molar-refractivity contribution in [2.24, 2.45) is 5.92 Å². The summed E-state index contributed by atoms with van der Waals surface area (Å²) in [5.41, 5.74) is 1.85. The van der Waals surface area contributed by atoms with Gasteiger partial charge in [-0.3, -0.25) is 9.36 Å². The molecule has 0 aliphatic heterocycles. The quantitative estimate of drug-likeness (QED) is 0.600. The maximum absolute atomic E-state index is 12.6. The van der Waals surface area contributed by atoms with Crippen molar-refractivity contribution in [2.75, 3.05) is 5.75 Å².